The molecule has 3 unspecified atom stereocenters. The first-order chi connectivity index (χ1) is 10.0. The van der Waals surface area contributed by atoms with Gasteiger partial charge in [-0.05, 0) is 37.0 Å². The number of fused-ring (bicyclic) bond motifs is 1. The molecule has 5 heteroatoms. The topological polar surface area (TPSA) is 74.7 Å². The van der Waals surface area contributed by atoms with Crippen LogP contribution < -0.4 is 4.90 Å². The van der Waals surface area contributed by atoms with Gasteiger partial charge < -0.3 is 5.11 Å². The molecule has 3 atom stereocenters. The van der Waals surface area contributed by atoms with Gasteiger partial charge in [-0.2, -0.15) is 0 Å². The number of aromatic carboxylic acids is 1. The van der Waals surface area contributed by atoms with Crippen LogP contribution in [-0.2, 0) is 9.59 Å². The fourth-order valence-corrected chi connectivity index (χ4v) is 3.56. The van der Waals surface area contributed by atoms with E-state index in [-0.39, 0.29) is 35.1 Å². The van der Waals surface area contributed by atoms with E-state index in [9.17, 15) is 14.4 Å². The smallest absolute Gasteiger partial charge is 0.335 e. The fraction of sp³-hybridized carbons (Fsp3) is 0.438. The Labute approximate surface area is 122 Å². The van der Waals surface area contributed by atoms with Crippen molar-refractivity contribution in [1.29, 1.82) is 0 Å². The number of imide groups is 1. The Kier molecular flexibility index (Phi) is 3.27. The van der Waals surface area contributed by atoms with Crippen LogP contribution in [0.4, 0.5) is 5.69 Å². The summed E-state index contributed by atoms with van der Waals surface area (Å²) in [6.45, 7) is 2.01. The average molecular weight is 287 g/mol. The minimum absolute atomic E-state index is 0.0796. The largest absolute Gasteiger partial charge is 0.478 e. The van der Waals surface area contributed by atoms with Gasteiger partial charge in [0.2, 0.25) is 11.8 Å². The molecule has 0 radical (unpaired) electrons. The lowest BCUT2D eigenvalue weighted by molar-refractivity contribution is -0.123. The lowest BCUT2D eigenvalue weighted by Gasteiger charge is -2.27. The number of carbonyl (C=O) groups is 3. The third kappa shape index (κ3) is 2.13. The van der Waals surface area contributed by atoms with Gasteiger partial charge in [0.15, 0.2) is 0 Å². The monoisotopic (exact) mass is 287 g/mol. The van der Waals surface area contributed by atoms with Gasteiger partial charge in [-0.1, -0.05) is 19.4 Å². The first kappa shape index (κ1) is 13.8. The van der Waals surface area contributed by atoms with Crippen LogP contribution in [0.1, 0.15) is 36.5 Å². The Morgan fingerprint density at radius 2 is 2.00 bits per heavy atom. The summed E-state index contributed by atoms with van der Waals surface area (Å²) in [6, 6.07) is 6.02. The Morgan fingerprint density at radius 3 is 2.67 bits per heavy atom. The maximum atomic E-state index is 12.6. The van der Waals surface area contributed by atoms with E-state index >= 15 is 0 Å². The van der Waals surface area contributed by atoms with Crippen molar-refractivity contribution in [2.75, 3.05) is 4.90 Å². The molecule has 110 valence electrons. The highest BCUT2D eigenvalue weighted by molar-refractivity contribution is 6.22. The zero-order valence-electron chi connectivity index (χ0n) is 11.8. The van der Waals surface area contributed by atoms with E-state index in [0.29, 0.717) is 5.69 Å². The zero-order chi connectivity index (χ0) is 15.1. The lowest BCUT2D eigenvalue weighted by atomic mass is 9.74. The third-order valence-electron chi connectivity index (χ3n) is 4.62. The van der Waals surface area contributed by atoms with Crippen LogP contribution in [0, 0.1) is 17.8 Å². The average Bonchev–Trinajstić information content (AvgIpc) is 2.72. The second-order valence-electron chi connectivity index (χ2n) is 5.91. The van der Waals surface area contributed by atoms with Crippen LogP contribution in [0.25, 0.3) is 0 Å². The molecule has 5 nitrogen and oxygen atoms in total. The zero-order valence-corrected chi connectivity index (χ0v) is 11.8. The first-order valence-electron chi connectivity index (χ1n) is 7.22. The minimum atomic E-state index is -1.07. The fourth-order valence-electron chi connectivity index (χ4n) is 3.56. The highest BCUT2D eigenvalue weighted by Gasteiger charge is 2.51. The second-order valence-corrected chi connectivity index (χ2v) is 5.91. The van der Waals surface area contributed by atoms with E-state index in [1.165, 1.54) is 17.0 Å². The number of carboxylic acid groups (broad SMARTS) is 1. The van der Waals surface area contributed by atoms with E-state index in [4.69, 9.17) is 5.11 Å². The molecular weight excluding hydrogens is 270 g/mol. The highest BCUT2D eigenvalue weighted by atomic mass is 16.4. The molecule has 0 spiro atoms. The lowest BCUT2D eigenvalue weighted by Crippen LogP contribution is -2.32. The number of anilines is 1. The quantitative estimate of drug-likeness (QED) is 0.847. The molecule has 2 fully saturated rings. The van der Waals surface area contributed by atoms with Gasteiger partial charge in [0, 0.05) is 0 Å². The summed E-state index contributed by atoms with van der Waals surface area (Å²) in [4.78, 5) is 37.4. The predicted molar refractivity (Wildman–Crippen MR) is 75.9 cm³/mol. The molecule has 2 aliphatic rings. The molecule has 21 heavy (non-hydrogen) atoms. The van der Waals surface area contributed by atoms with Crippen LogP contribution in [0.15, 0.2) is 24.3 Å². The van der Waals surface area contributed by atoms with Crippen molar-refractivity contribution in [2.45, 2.75) is 26.2 Å². The van der Waals surface area contributed by atoms with Crippen molar-refractivity contribution < 1.29 is 19.5 Å². The van der Waals surface area contributed by atoms with Gasteiger partial charge in [-0.3, -0.25) is 14.5 Å². The Morgan fingerprint density at radius 1 is 1.24 bits per heavy atom. The number of amides is 2. The Hall–Kier alpha value is -2.17. The van der Waals surface area contributed by atoms with Crippen LogP contribution in [0.5, 0.6) is 0 Å². The maximum absolute atomic E-state index is 12.6. The molecule has 1 saturated carbocycles. The summed E-state index contributed by atoms with van der Waals surface area (Å²) in [6.07, 6.45) is 2.67. The van der Waals surface area contributed by atoms with E-state index in [2.05, 4.69) is 0 Å². The van der Waals surface area contributed by atoms with Crippen LogP contribution in [-0.4, -0.2) is 22.9 Å². The molecule has 1 aromatic carbocycles. The number of carboxylic acids is 1. The van der Waals surface area contributed by atoms with Crippen molar-refractivity contribution in [3.8, 4) is 0 Å². The number of hydrogen-bond acceptors (Lipinski definition) is 3. The van der Waals surface area contributed by atoms with E-state index in [1.807, 2.05) is 6.92 Å². The van der Waals surface area contributed by atoms with E-state index in [0.717, 1.165) is 19.3 Å². The summed E-state index contributed by atoms with van der Waals surface area (Å²) in [7, 11) is 0. The number of rotatable bonds is 2. The standard InChI is InChI=1S/C16H17NO4/c1-9-4-2-7-12-13(9)15(19)17(14(12)18)11-6-3-5-10(8-11)16(20)21/h3,5-6,8-9,12-13H,2,4,7H2,1H3,(H,20,21). The van der Waals surface area contributed by atoms with E-state index < -0.39 is 5.97 Å². The van der Waals surface area contributed by atoms with Gasteiger partial charge in [-0.15, -0.1) is 0 Å². The van der Waals surface area contributed by atoms with Gasteiger partial charge in [0.05, 0.1) is 23.1 Å². The van der Waals surface area contributed by atoms with Crippen LogP contribution in [0.3, 0.4) is 0 Å². The summed E-state index contributed by atoms with van der Waals surface area (Å²) in [5.74, 6) is -1.72. The summed E-state index contributed by atoms with van der Waals surface area (Å²) < 4.78 is 0. The van der Waals surface area contributed by atoms with Gasteiger partial charge in [-0.25, -0.2) is 4.79 Å². The molecular formula is C16H17NO4. The third-order valence-corrected chi connectivity index (χ3v) is 4.62. The molecule has 1 N–H and O–H groups in total. The minimum Gasteiger partial charge on any atom is -0.478 e. The van der Waals surface area contributed by atoms with Gasteiger partial charge in [0.25, 0.3) is 0 Å². The summed E-state index contributed by atoms with van der Waals surface area (Å²) >= 11 is 0. The van der Waals surface area contributed by atoms with Gasteiger partial charge >= 0.3 is 5.97 Å². The molecule has 1 saturated heterocycles. The molecule has 1 aromatic rings. The number of carbonyl (C=O) groups excluding carboxylic acids is 2. The molecule has 1 heterocycles. The molecule has 3 rings (SSSR count). The van der Waals surface area contributed by atoms with Gasteiger partial charge in [0.1, 0.15) is 0 Å². The predicted octanol–water partition coefficient (Wildman–Crippen LogP) is 2.31. The molecule has 1 aliphatic carbocycles. The summed E-state index contributed by atoms with van der Waals surface area (Å²) in [5.41, 5.74) is 0.447. The Bertz CT molecular complexity index is 624. The molecule has 1 aliphatic heterocycles. The first-order valence-corrected chi connectivity index (χ1v) is 7.22. The number of hydrogen-bond donors (Lipinski definition) is 1. The summed E-state index contributed by atoms with van der Waals surface area (Å²) in [5, 5.41) is 9.04. The second kappa shape index (κ2) is 4.98. The van der Waals surface area contributed by atoms with Crippen LogP contribution >= 0.6 is 0 Å². The highest BCUT2D eigenvalue weighted by Crippen LogP contribution is 2.43. The number of benzene rings is 1. The maximum Gasteiger partial charge on any atom is 0.335 e. The van der Waals surface area contributed by atoms with Crippen molar-refractivity contribution in [1.82, 2.24) is 0 Å². The Balaban J connectivity index is 1.99. The number of nitrogens with zero attached hydrogens (tertiary/aromatic N) is 1. The van der Waals surface area contributed by atoms with Crippen molar-refractivity contribution >= 4 is 23.5 Å². The van der Waals surface area contributed by atoms with E-state index in [1.54, 1.807) is 12.1 Å². The molecule has 0 aromatic heterocycles. The molecule has 2 amide bonds. The van der Waals surface area contributed by atoms with Crippen molar-refractivity contribution in [3.63, 3.8) is 0 Å². The van der Waals surface area contributed by atoms with Crippen LogP contribution in [0.2, 0.25) is 0 Å². The van der Waals surface area contributed by atoms with Crippen molar-refractivity contribution in [3.05, 3.63) is 29.8 Å². The normalized spacial score (nSPS) is 28.6. The SMILES string of the molecule is CC1CCCC2C(=O)N(c3cccc(C(=O)O)c3)C(=O)C12. The molecule has 0 bridgehead atoms. The van der Waals surface area contributed by atoms with Crippen molar-refractivity contribution in [2.24, 2.45) is 17.8 Å².